The summed E-state index contributed by atoms with van der Waals surface area (Å²) < 4.78 is 61.6. The largest absolute Gasteiger partial charge is 0.456 e. The Kier molecular flexibility index (Phi) is 4.63. The SMILES string of the molecule is [2H]c1c(-c2ccccc2)c([2H])c2oc3c([2H])c(-c4c5ccccc5c(-c5ccccc5-c5ccccc5)c5ccccc45)c([2H])c([2H])c3c2c1[2H]. The van der Waals surface area contributed by atoms with Gasteiger partial charge >= 0.3 is 0 Å². The van der Waals surface area contributed by atoms with Gasteiger partial charge in [-0.3, -0.25) is 0 Å². The average Bonchev–Trinajstić information content (AvgIpc) is 3.59. The minimum Gasteiger partial charge on any atom is -0.456 e. The van der Waals surface area contributed by atoms with Crippen molar-refractivity contribution in [2.24, 2.45) is 0 Å². The van der Waals surface area contributed by atoms with Crippen molar-refractivity contribution in [1.29, 1.82) is 0 Å². The monoisotopic (exact) mass is 578 g/mol. The fourth-order valence-electron chi connectivity index (χ4n) is 6.52. The lowest BCUT2D eigenvalue weighted by atomic mass is 9.84. The fraction of sp³-hybridized carbons (Fsp3) is 0. The van der Waals surface area contributed by atoms with Crippen LogP contribution in [0.15, 0.2) is 174 Å². The van der Waals surface area contributed by atoms with Crippen LogP contribution in [0.2, 0.25) is 0 Å². The summed E-state index contributed by atoms with van der Waals surface area (Å²) in [7, 11) is 0. The summed E-state index contributed by atoms with van der Waals surface area (Å²) in [6, 6.07) is 42.7. The van der Waals surface area contributed by atoms with Gasteiger partial charge in [0.15, 0.2) is 0 Å². The van der Waals surface area contributed by atoms with Crippen LogP contribution >= 0.6 is 0 Å². The van der Waals surface area contributed by atoms with Crippen molar-refractivity contribution in [1.82, 2.24) is 0 Å². The molecule has 9 rings (SSSR count). The third kappa shape index (κ3) is 4.17. The normalized spacial score (nSPS) is 13.4. The van der Waals surface area contributed by atoms with Crippen LogP contribution in [0.4, 0.5) is 0 Å². The second kappa shape index (κ2) is 10.4. The molecule has 0 aliphatic heterocycles. The fourth-order valence-corrected chi connectivity index (χ4v) is 6.52. The molecule has 9 aromatic rings. The van der Waals surface area contributed by atoms with E-state index in [0.29, 0.717) is 11.1 Å². The number of hydrogen-bond donors (Lipinski definition) is 0. The standard InChI is InChI=1S/C44H28O/c1-3-13-29(14-4-1)31-23-25-34-35-26-24-32(28-42(35)45-41(34)27-31)43-37-19-9-11-21-39(37)44(40-22-12-10-20-38(40)43)36-18-8-7-17-33(36)30-15-5-2-6-16-30/h1-28H/i23D,24D,25D,26D,27D,28D. The Morgan fingerprint density at radius 2 is 0.778 bits per heavy atom. The summed E-state index contributed by atoms with van der Waals surface area (Å²) in [6.07, 6.45) is 0. The van der Waals surface area contributed by atoms with Crippen molar-refractivity contribution in [3.8, 4) is 44.5 Å². The molecule has 0 saturated carbocycles. The van der Waals surface area contributed by atoms with Crippen molar-refractivity contribution in [3.63, 3.8) is 0 Å². The maximum absolute atomic E-state index is 9.61. The summed E-state index contributed by atoms with van der Waals surface area (Å²) in [5.74, 6) is 0. The van der Waals surface area contributed by atoms with Crippen molar-refractivity contribution >= 4 is 43.5 Å². The lowest BCUT2D eigenvalue weighted by molar-refractivity contribution is 0.669. The van der Waals surface area contributed by atoms with Crippen LogP contribution in [0.25, 0.3) is 88.0 Å². The third-order valence-electron chi connectivity index (χ3n) is 8.54. The maximum atomic E-state index is 9.61. The number of hydrogen-bond acceptors (Lipinski definition) is 1. The molecule has 0 saturated heterocycles. The number of benzene rings is 8. The molecule has 0 atom stereocenters. The van der Waals surface area contributed by atoms with Gasteiger partial charge in [0.25, 0.3) is 0 Å². The van der Waals surface area contributed by atoms with E-state index in [4.69, 9.17) is 8.53 Å². The Morgan fingerprint density at radius 1 is 0.333 bits per heavy atom. The van der Waals surface area contributed by atoms with Crippen LogP contribution in [0.5, 0.6) is 0 Å². The first-order chi connectivity index (χ1) is 24.9. The van der Waals surface area contributed by atoms with Crippen molar-refractivity contribution in [2.45, 2.75) is 0 Å². The maximum Gasteiger partial charge on any atom is 0.136 e. The van der Waals surface area contributed by atoms with Gasteiger partial charge in [0.05, 0.1) is 8.22 Å². The lowest BCUT2D eigenvalue weighted by Crippen LogP contribution is -1.92. The van der Waals surface area contributed by atoms with E-state index in [1.165, 1.54) is 0 Å². The van der Waals surface area contributed by atoms with E-state index in [-0.39, 0.29) is 69.3 Å². The van der Waals surface area contributed by atoms with Gasteiger partial charge in [0.2, 0.25) is 0 Å². The summed E-state index contributed by atoms with van der Waals surface area (Å²) in [5.41, 5.74) is 6.08. The van der Waals surface area contributed by atoms with Crippen LogP contribution in [0.1, 0.15) is 8.22 Å². The van der Waals surface area contributed by atoms with Gasteiger partial charge in [-0.25, -0.2) is 0 Å². The lowest BCUT2D eigenvalue weighted by Gasteiger charge is -2.19. The average molecular weight is 579 g/mol. The smallest absolute Gasteiger partial charge is 0.136 e. The van der Waals surface area contributed by atoms with Crippen LogP contribution < -0.4 is 0 Å². The summed E-state index contributed by atoms with van der Waals surface area (Å²) >= 11 is 0. The molecule has 8 aromatic carbocycles. The number of fused-ring (bicyclic) bond motifs is 5. The Labute approximate surface area is 270 Å². The van der Waals surface area contributed by atoms with Gasteiger partial charge in [-0.15, -0.1) is 0 Å². The number of furan rings is 1. The van der Waals surface area contributed by atoms with Gasteiger partial charge in [-0.05, 0) is 90.2 Å². The van der Waals surface area contributed by atoms with Crippen LogP contribution in [0.3, 0.4) is 0 Å². The van der Waals surface area contributed by atoms with Crippen molar-refractivity contribution < 1.29 is 12.6 Å². The quantitative estimate of drug-likeness (QED) is 0.189. The molecule has 0 bridgehead atoms. The zero-order valence-electron chi connectivity index (χ0n) is 30.1. The summed E-state index contributed by atoms with van der Waals surface area (Å²) in [5, 5.41) is 3.76. The summed E-state index contributed by atoms with van der Waals surface area (Å²) in [6.45, 7) is 0. The zero-order valence-corrected chi connectivity index (χ0v) is 24.1. The highest BCUT2D eigenvalue weighted by atomic mass is 16.3. The Hall–Kier alpha value is -5.92. The second-order valence-corrected chi connectivity index (χ2v) is 11.1. The topological polar surface area (TPSA) is 13.1 Å². The first kappa shape index (κ1) is 20.1. The van der Waals surface area contributed by atoms with Crippen LogP contribution in [-0.2, 0) is 0 Å². The highest BCUT2D eigenvalue weighted by Gasteiger charge is 2.19. The molecule has 1 heteroatoms. The first-order valence-corrected chi connectivity index (χ1v) is 15.0. The zero-order chi connectivity index (χ0) is 35.0. The van der Waals surface area contributed by atoms with E-state index in [1.54, 1.807) is 12.1 Å². The number of rotatable bonds is 4. The van der Waals surface area contributed by atoms with Crippen molar-refractivity contribution in [3.05, 3.63) is 170 Å². The van der Waals surface area contributed by atoms with Gasteiger partial charge in [0, 0.05) is 10.8 Å². The molecule has 0 unspecified atom stereocenters. The third-order valence-corrected chi connectivity index (χ3v) is 8.54. The van der Waals surface area contributed by atoms with Gasteiger partial charge in [-0.1, -0.05) is 146 Å². The Balaban J connectivity index is 1.39. The van der Waals surface area contributed by atoms with Crippen molar-refractivity contribution in [2.75, 3.05) is 0 Å². The Morgan fingerprint density at radius 3 is 1.38 bits per heavy atom. The van der Waals surface area contributed by atoms with E-state index >= 15 is 0 Å². The van der Waals surface area contributed by atoms with E-state index in [0.717, 1.165) is 43.8 Å². The predicted octanol–water partition coefficient (Wildman–Crippen LogP) is 12.6. The molecular weight excluding hydrogens is 544 g/mol. The van der Waals surface area contributed by atoms with E-state index in [2.05, 4.69) is 36.4 Å². The molecule has 1 nitrogen and oxygen atoms in total. The summed E-state index contributed by atoms with van der Waals surface area (Å²) in [4.78, 5) is 0. The van der Waals surface area contributed by atoms with E-state index in [9.17, 15) is 4.11 Å². The molecule has 210 valence electrons. The molecule has 1 aromatic heterocycles. The molecule has 0 aliphatic carbocycles. The predicted molar refractivity (Wildman–Crippen MR) is 190 cm³/mol. The van der Waals surface area contributed by atoms with Crippen LogP contribution in [-0.4, -0.2) is 0 Å². The minimum absolute atomic E-state index is 0.0271. The molecule has 0 fully saturated rings. The molecule has 45 heavy (non-hydrogen) atoms. The highest BCUT2D eigenvalue weighted by molar-refractivity contribution is 6.23. The molecule has 0 aliphatic rings. The van der Waals surface area contributed by atoms with Gasteiger partial charge in [-0.2, -0.15) is 0 Å². The molecular formula is C44H28O. The van der Waals surface area contributed by atoms with Gasteiger partial charge < -0.3 is 4.42 Å². The van der Waals surface area contributed by atoms with E-state index in [1.807, 2.05) is 84.9 Å². The molecule has 0 radical (unpaired) electrons. The molecule has 0 spiro atoms. The molecule has 1 heterocycles. The Bertz CT molecular complexity index is 2800. The second-order valence-electron chi connectivity index (χ2n) is 11.1. The van der Waals surface area contributed by atoms with Crippen LogP contribution in [0, 0.1) is 0 Å². The minimum atomic E-state index is -0.207. The first-order valence-electron chi connectivity index (χ1n) is 18.0. The van der Waals surface area contributed by atoms with E-state index < -0.39 is 0 Å². The van der Waals surface area contributed by atoms with Gasteiger partial charge in [0.1, 0.15) is 11.2 Å². The molecule has 0 amide bonds. The highest BCUT2D eigenvalue weighted by Crippen LogP contribution is 2.46. The molecule has 0 N–H and O–H groups in total.